The van der Waals surface area contributed by atoms with Crippen LogP contribution < -0.4 is 4.74 Å². The van der Waals surface area contributed by atoms with Gasteiger partial charge in [0.2, 0.25) is 5.91 Å². The summed E-state index contributed by atoms with van der Waals surface area (Å²) in [7, 11) is 0. The fourth-order valence-electron chi connectivity index (χ4n) is 3.43. The standard InChI is InChI=1S/C22H24ClN3O2/c1-2-28-18-9-7-17(8-10-18)15-22(27)26-13-11-25(12-14-26)21(16-24)19-5-3-4-6-20(19)23/h3-10,21H,2,11-15H2,1H3. The number of piperazine rings is 1. The molecule has 2 aromatic rings. The van der Waals surface area contributed by atoms with E-state index in [2.05, 4.69) is 11.0 Å². The molecule has 1 saturated heterocycles. The van der Waals surface area contributed by atoms with E-state index < -0.39 is 6.04 Å². The average Bonchev–Trinajstić information content (AvgIpc) is 2.72. The fraction of sp³-hybridized carbons (Fsp3) is 0.364. The van der Waals surface area contributed by atoms with E-state index in [4.69, 9.17) is 16.3 Å². The molecule has 3 rings (SSSR count). The molecule has 1 fully saturated rings. The first-order chi connectivity index (χ1) is 13.6. The SMILES string of the molecule is CCOc1ccc(CC(=O)N2CCN(C(C#N)c3ccccc3Cl)CC2)cc1. The van der Waals surface area contributed by atoms with Gasteiger partial charge in [-0.3, -0.25) is 9.69 Å². The second-order valence-corrected chi connectivity index (χ2v) is 7.13. The van der Waals surface area contributed by atoms with Crippen molar-refractivity contribution in [3.63, 3.8) is 0 Å². The smallest absolute Gasteiger partial charge is 0.227 e. The number of benzene rings is 2. The number of hydrogen-bond acceptors (Lipinski definition) is 4. The zero-order chi connectivity index (χ0) is 19.9. The van der Waals surface area contributed by atoms with Crippen molar-refractivity contribution in [2.45, 2.75) is 19.4 Å². The van der Waals surface area contributed by atoms with Crippen molar-refractivity contribution >= 4 is 17.5 Å². The predicted molar refractivity (Wildman–Crippen MR) is 109 cm³/mol. The summed E-state index contributed by atoms with van der Waals surface area (Å²) >= 11 is 6.27. The third-order valence-electron chi connectivity index (χ3n) is 4.94. The lowest BCUT2D eigenvalue weighted by atomic mass is 10.1. The molecule has 0 aromatic heterocycles. The molecule has 0 bridgehead atoms. The molecule has 1 aliphatic heterocycles. The van der Waals surface area contributed by atoms with Gasteiger partial charge < -0.3 is 9.64 Å². The lowest BCUT2D eigenvalue weighted by Crippen LogP contribution is -2.49. The summed E-state index contributed by atoms with van der Waals surface area (Å²) < 4.78 is 5.44. The molecule has 0 N–H and O–H groups in total. The maximum atomic E-state index is 12.6. The summed E-state index contributed by atoms with van der Waals surface area (Å²) in [5, 5.41) is 10.2. The van der Waals surface area contributed by atoms with Crippen molar-refractivity contribution in [2.24, 2.45) is 0 Å². The van der Waals surface area contributed by atoms with Crippen LogP contribution in [0.2, 0.25) is 5.02 Å². The van der Waals surface area contributed by atoms with Crippen LogP contribution in [0.25, 0.3) is 0 Å². The van der Waals surface area contributed by atoms with E-state index in [1.807, 2.05) is 54.3 Å². The van der Waals surface area contributed by atoms with Crippen molar-refractivity contribution < 1.29 is 9.53 Å². The highest BCUT2D eigenvalue weighted by Crippen LogP contribution is 2.28. The Morgan fingerprint density at radius 3 is 2.43 bits per heavy atom. The summed E-state index contributed by atoms with van der Waals surface area (Å²) in [5.41, 5.74) is 1.79. The second kappa shape index (κ2) is 9.59. The lowest BCUT2D eigenvalue weighted by Gasteiger charge is -2.37. The minimum Gasteiger partial charge on any atom is -0.494 e. The van der Waals surface area contributed by atoms with Gasteiger partial charge in [-0.15, -0.1) is 0 Å². The molecule has 0 spiro atoms. The average molecular weight is 398 g/mol. The quantitative estimate of drug-likeness (QED) is 0.745. The molecule has 1 atom stereocenters. The fourth-order valence-corrected chi connectivity index (χ4v) is 3.67. The Balaban J connectivity index is 1.56. The summed E-state index contributed by atoms with van der Waals surface area (Å²) in [6.45, 7) is 5.09. The molecule has 0 aliphatic carbocycles. The van der Waals surface area contributed by atoms with Crippen LogP contribution in [-0.2, 0) is 11.2 Å². The molecule has 1 unspecified atom stereocenters. The second-order valence-electron chi connectivity index (χ2n) is 6.72. The van der Waals surface area contributed by atoms with Gasteiger partial charge in [-0.1, -0.05) is 41.9 Å². The van der Waals surface area contributed by atoms with E-state index in [0.29, 0.717) is 44.2 Å². The highest BCUT2D eigenvalue weighted by molar-refractivity contribution is 6.31. The Bertz CT molecular complexity index is 840. The van der Waals surface area contributed by atoms with Crippen molar-refractivity contribution in [2.75, 3.05) is 32.8 Å². The third kappa shape index (κ3) is 4.83. The van der Waals surface area contributed by atoms with Crippen molar-refractivity contribution in [1.82, 2.24) is 9.80 Å². The molecule has 6 heteroatoms. The van der Waals surface area contributed by atoms with Crippen LogP contribution in [0.1, 0.15) is 24.1 Å². The van der Waals surface area contributed by atoms with Gasteiger partial charge in [-0.2, -0.15) is 5.26 Å². The number of nitrogens with zero attached hydrogens (tertiary/aromatic N) is 3. The first kappa shape index (κ1) is 20.2. The summed E-state index contributed by atoms with van der Waals surface area (Å²) in [6.07, 6.45) is 0.374. The van der Waals surface area contributed by atoms with Gasteiger partial charge in [0, 0.05) is 36.8 Å². The van der Waals surface area contributed by atoms with Gasteiger partial charge in [0.15, 0.2) is 0 Å². The molecule has 0 radical (unpaired) electrons. The first-order valence-corrected chi connectivity index (χ1v) is 9.87. The van der Waals surface area contributed by atoms with Gasteiger partial charge >= 0.3 is 0 Å². The van der Waals surface area contributed by atoms with E-state index in [-0.39, 0.29) is 5.91 Å². The molecule has 1 amide bonds. The van der Waals surface area contributed by atoms with E-state index in [1.54, 1.807) is 6.07 Å². The van der Waals surface area contributed by atoms with Crippen LogP contribution in [-0.4, -0.2) is 48.5 Å². The van der Waals surface area contributed by atoms with Gasteiger partial charge in [0.25, 0.3) is 0 Å². The summed E-state index contributed by atoms with van der Waals surface area (Å²) in [6, 6.07) is 17.1. The number of carbonyl (C=O) groups is 1. The number of amides is 1. The maximum Gasteiger partial charge on any atom is 0.227 e. The Labute approximate surface area is 171 Å². The van der Waals surface area contributed by atoms with Crippen LogP contribution in [0, 0.1) is 11.3 Å². The van der Waals surface area contributed by atoms with Crippen molar-refractivity contribution in [3.05, 3.63) is 64.7 Å². The van der Waals surface area contributed by atoms with E-state index in [1.165, 1.54) is 0 Å². The molecule has 0 saturated carbocycles. The maximum absolute atomic E-state index is 12.6. The molecule has 1 heterocycles. The van der Waals surface area contributed by atoms with Crippen molar-refractivity contribution in [3.8, 4) is 11.8 Å². The molecule has 2 aromatic carbocycles. The lowest BCUT2D eigenvalue weighted by molar-refractivity contribution is -0.132. The van der Waals surface area contributed by atoms with Crippen LogP contribution >= 0.6 is 11.6 Å². The number of halogens is 1. The molecular weight excluding hydrogens is 374 g/mol. The summed E-state index contributed by atoms with van der Waals surface area (Å²) in [5.74, 6) is 0.921. The highest BCUT2D eigenvalue weighted by atomic mass is 35.5. The van der Waals surface area contributed by atoms with Crippen LogP contribution in [0.3, 0.4) is 0 Å². The Morgan fingerprint density at radius 1 is 1.14 bits per heavy atom. The topological polar surface area (TPSA) is 56.6 Å². The summed E-state index contributed by atoms with van der Waals surface area (Å²) in [4.78, 5) is 16.6. The third-order valence-corrected chi connectivity index (χ3v) is 5.29. The van der Waals surface area contributed by atoms with Gasteiger partial charge in [0.1, 0.15) is 11.8 Å². The Morgan fingerprint density at radius 2 is 1.82 bits per heavy atom. The highest BCUT2D eigenvalue weighted by Gasteiger charge is 2.28. The number of hydrogen-bond donors (Lipinski definition) is 0. The minimum atomic E-state index is -0.392. The van der Waals surface area contributed by atoms with E-state index in [9.17, 15) is 10.1 Å². The Kier molecular flexibility index (Phi) is 6.91. The first-order valence-electron chi connectivity index (χ1n) is 9.50. The van der Waals surface area contributed by atoms with Gasteiger partial charge in [-0.25, -0.2) is 0 Å². The molecular formula is C22H24ClN3O2. The van der Waals surface area contributed by atoms with E-state index >= 15 is 0 Å². The van der Waals surface area contributed by atoms with Crippen LogP contribution in [0.4, 0.5) is 0 Å². The van der Waals surface area contributed by atoms with E-state index in [0.717, 1.165) is 16.9 Å². The van der Waals surface area contributed by atoms with Crippen molar-refractivity contribution in [1.29, 1.82) is 5.26 Å². The molecule has 28 heavy (non-hydrogen) atoms. The van der Waals surface area contributed by atoms with Crippen LogP contribution in [0.5, 0.6) is 5.75 Å². The zero-order valence-electron chi connectivity index (χ0n) is 16.0. The number of ether oxygens (including phenoxy) is 1. The number of nitriles is 1. The molecule has 146 valence electrons. The monoisotopic (exact) mass is 397 g/mol. The Hall–Kier alpha value is -2.55. The zero-order valence-corrected chi connectivity index (χ0v) is 16.7. The largest absolute Gasteiger partial charge is 0.494 e. The number of rotatable bonds is 6. The van der Waals surface area contributed by atoms with Crippen LogP contribution in [0.15, 0.2) is 48.5 Å². The predicted octanol–water partition coefficient (Wildman–Crippen LogP) is 3.69. The molecule has 1 aliphatic rings. The van der Waals surface area contributed by atoms with Gasteiger partial charge in [0.05, 0.1) is 19.1 Å². The number of carbonyl (C=O) groups excluding carboxylic acids is 1. The minimum absolute atomic E-state index is 0.107. The normalized spacial score (nSPS) is 15.7. The van der Waals surface area contributed by atoms with Gasteiger partial charge in [-0.05, 0) is 30.7 Å². The molecule has 5 nitrogen and oxygen atoms in total.